The minimum Gasteiger partial charge on any atom is -0.469 e. The molecule has 2 aromatic rings. The first kappa shape index (κ1) is 15.2. The van der Waals surface area contributed by atoms with Crippen LogP contribution in [0.2, 0.25) is 0 Å². The number of nitrogens with zero attached hydrogens (tertiary/aromatic N) is 1. The Morgan fingerprint density at radius 3 is 2.77 bits per heavy atom. The molecule has 1 saturated carbocycles. The molecule has 0 amide bonds. The molecule has 0 unspecified atom stereocenters. The zero-order valence-electron chi connectivity index (χ0n) is 12.5. The first-order valence-electron chi connectivity index (χ1n) is 7.58. The second-order valence-electron chi connectivity index (χ2n) is 5.98. The summed E-state index contributed by atoms with van der Waals surface area (Å²) >= 11 is 4.35. The average Bonchev–Trinajstić information content (AvgIpc) is 2.83. The van der Waals surface area contributed by atoms with Crippen molar-refractivity contribution >= 4 is 29.6 Å². The fourth-order valence-electron chi connectivity index (χ4n) is 3.33. The lowest BCUT2D eigenvalue weighted by Gasteiger charge is -2.27. The fourth-order valence-corrected chi connectivity index (χ4v) is 3.52. The van der Waals surface area contributed by atoms with E-state index in [4.69, 9.17) is 4.74 Å². The molecule has 1 N–H and O–H groups in total. The van der Waals surface area contributed by atoms with Gasteiger partial charge in [-0.1, -0.05) is 0 Å². The normalized spacial score (nSPS) is 21.9. The molecule has 0 aliphatic heterocycles. The first-order chi connectivity index (χ1) is 10.6. The fraction of sp³-hybridized carbons (Fsp3) is 0.500. The van der Waals surface area contributed by atoms with Gasteiger partial charge >= 0.3 is 11.7 Å². The van der Waals surface area contributed by atoms with Crippen LogP contribution < -0.4 is 5.69 Å². The molecule has 5 nitrogen and oxygen atoms in total. The van der Waals surface area contributed by atoms with Crippen LogP contribution in [0.4, 0.5) is 0 Å². The van der Waals surface area contributed by atoms with Crippen LogP contribution in [0.1, 0.15) is 25.7 Å². The number of methoxy groups -OCH3 is 1. The average molecular weight is 320 g/mol. The quantitative estimate of drug-likeness (QED) is 0.675. The van der Waals surface area contributed by atoms with Gasteiger partial charge in [0.25, 0.3) is 0 Å². The van der Waals surface area contributed by atoms with Gasteiger partial charge in [0.2, 0.25) is 0 Å². The van der Waals surface area contributed by atoms with Crippen molar-refractivity contribution in [1.82, 2.24) is 9.55 Å². The molecular weight excluding hydrogens is 300 g/mol. The second kappa shape index (κ2) is 6.20. The highest BCUT2D eigenvalue weighted by atomic mass is 32.1. The predicted molar refractivity (Wildman–Crippen MR) is 87.3 cm³/mol. The number of benzene rings is 1. The molecule has 1 heterocycles. The van der Waals surface area contributed by atoms with Crippen molar-refractivity contribution < 1.29 is 9.53 Å². The Hall–Kier alpha value is -1.69. The summed E-state index contributed by atoms with van der Waals surface area (Å²) < 4.78 is 6.60. The molecule has 1 aliphatic carbocycles. The maximum atomic E-state index is 12.2. The smallest absolute Gasteiger partial charge is 0.326 e. The molecular formula is C16H20N2O3S. The van der Waals surface area contributed by atoms with Crippen LogP contribution in [0, 0.1) is 11.8 Å². The second-order valence-corrected chi connectivity index (χ2v) is 6.50. The maximum absolute atomic E-state index is 12.2. The van der Waals surface area contributed by atoms with E-state index in [9.17, 15) is 9.59 Å². The van der Waals surface area contributed by atoms with E-state index in [1.807, 2.05) is 18.2 Å². The molecule has 1 aromatic heterocycles. The van der Waals surface area contributed by atoms with E-state index in [1.54, 1.807) is 4.57 Å². The number of hydrogen-bond donors (Lipinski definition) is 2. The number of aromatic nitrogens is 2. The number of fused-ring (bicyclic) bond motifs is 1. The van der Waals surface area contributed by atoms with Crippen LogP contribution in [0.5, 0.6) is 0 Å². The summed E-state index contributed by atoms with van der Waals surface area (Å²) in [5.41, 5.74) is 1.66. The molecule has 118 valence electrons. The van der Waals surface area contributed by atoms with Gasteiger partial charge in [0.05, 0.1) is 24.1 Å². The SMILES string of the molecule is COC(=O)C1CCC(Cn2c(=O)[nH]c3ccc(S)cc32)CC1. The van der Waals surface area contributed by atoms with Crippen molar-refractivity contribution in [3.05, 3.63) is 28.7 Å². The van der Waals surface area contributed by atoms with Crippen LogP contribution in [0.25, 0.3) is 11.0 Å². The van der Waals surface area contributed by atoms with E-state index in [-0.39, 0.29) is 17.6 Å². The van der Waals surface area contributed by atoms with Crippen LogP contribution in [-0.4, -0.2) is 22.6 Å². The van der Waals surface area contributed by atoms with Gasteiger partial charge < -0.3 is 9.72 Å². The van der Waals surface area contributed by atoms with E-state index in [0.717, 1.165) is 41.6 Å². The number of rotatable bonds is 3. The highest BCUT2D eigenvalue weighted by Gasteiger charge is 2.27. The van der Waals surface area contributed by atoms with Crippen LogP contribution in [0.15, 0.2) is 27.9 Å². The molecule has 6 heteroatoms. The molecule has 0 radical (unpaired) electrons. The topological polar surface area (TPSA) is 64.1 Å². The Morgan fingerprint density at radius 2 is 2.09 bits per heavy atom. The number of carbonyl (C=O) groups is 1. The number of H-pyrrole nitrogens is 1. The van der Waals surface area contributed by atoms with E-state index in [1.165, 1.54) is 7.11 Å². The largest absolute Gasteiger partial charge is 0.469 e. The van der Waals surface area contributed by atoms with Crippen molar-refractivity contribution in [2.45, 2.75) is 37.1 Å². The summed E-state index contributed by atoms with van der Waals surface area (Å²) in [6, 6.07) is 5.66. The predicted octanol–water partition coefficient (Wildman–Crippen LogP) is 2.60. The van der Waals surface area contributed by atoms with Gasteiger partial charge in [0.1, 0.15) is 0 Å². The van der Waals surface area contributed by atoms with Gasteiger partial charge in [0.15, 0.2) is 0 Å². The van der Waals surface area contributed by atoms with Crippen molar-refractivity contribution in [2.24, 2.45) is 11.8 Å². The maximum Gasteiger partial charge on any atom is 0.326 e. The summed E-state index contributed by atoms with van der Waals surface area (Å²) in [5, 5.41) is 0. The van der Waals surface area contributed by atoms with Crippen LogP contribution >= 0.6 is 12.6 Å². The molecule has 22 heavy (non-hydrogen) atoms. The minimum absolute atomic E-state index is 0.0185. The Bertz CT molecular complexity index is 741. The molecule has 3 rings (SSSR count). The number of ether oxygens (including phenoxy) is 1. The number of aromatic amines is 1. The van der Waals surface area contributed by atoms with Gasteiger partial charge in [-0.3, -0.25) is 9.36 Å². The summed E-state index contributed by atoms with van der Waals surface area (Å²) in [7, 11) is 1.44. The summed E-state index contributed by atoms with van der Waals surface area (Å²) in [4.78, 5) is 27.4. The Morgan fingerprint density at radius 1 is 1.36 bits per heavy atom. The van der Waals surface area contributed by atoms with Crippen molar-refractivity contribution in [1.29, 1.82) is 0 Å². The Kier molecular flexibility index (Phi) is 4.29. The third-order valence-electron chi connectivity index (χ3n) is 4.58. The Balaban J connectivity index is 1.75. The number of hydrogen-bond acceptors (Lipinski definition) is 4. The molecule has 1 aromatic carbocycles. The summed E-state index contributed by atoms with van der Waals surface area (Å²) in [6.07, 6.45) is 3.57. The van der Waals surface area contributed by atoms with E-state index in [2.05, 4.69) is 17.6 Å². The lowest BCUT2D eigenvalue weighted by atomic mass is 9.82. The highest BCUT2D eigenvalue weighted by Crippen LogP contribution is 2.31. The van der Waals surface area contributed by atoms with Crippen molar-refractivity contribution in [3.8, 4) is 0 Å². The molecule has 1 fully saturated rings. The molecule has 1 aliphatic rings. The van der Waals surface area contributed by atoms with Gasteiger partial charge in [-0.05, 0) is 49.8 Å². The van der Waals surface area contributed by atoms with E-state index >= 15 is 0 Å². The van der Waals surface area contributed by atoms with Crippen molar-refractivity contribution in [2.75, 3.05) is 7.11 Å². The van der Waals surface area contributed by atoms with Crippen LogP contribution in [-0.2, 0) is 16.1 Å². The number of esters is 1. The first-order valence-corrected chi connectivity index (χ1v) is 8.02. The zero-order valence-corrected chi connectivity index (χ0v) is 13.4. The van der Waals surface area contributed by atoms with E-state index < -0.39 is 0 Å². The minimum atomic E-state index is -0.109. The zero-order chi connectivity index (χ0) is 15.7. The van der Waals surface area contributed by atoms with Gasteiger partial charge in [-0.25, -0.2) is 4.79 Å². The van der Waals surface area contributed by atoms with Gasteiger partial charge in [-0.2, -0.15) is 0 Å². The Labute approximate surface area is 134 Å². The summed E-state index contributed by atoms with van der Waals surface area (Å²) in [6.45, 7) is 0.684. The number of nitrogens with one attached hydrogen (secondary N) is 1. The third kappa shape index (κ3) is 2.92. The van der Waals surface area contributed by atoms with Crippen LogP contribution in [0.3, 0.4) is 0 Å². The third-order valence-corrected chi connectivity index (χ3v) is 4.86. The standard InChI is InChI=1S/C16H20N2O3S/c1-21-15(19)11-4-2-10(3-5-11)9-18-14-8-12(22)6-7-13(14)17-16(18)20/h6-8,10-11,22H,2-5,9H2,1H3,(H,17,20). The number of carbonyl (C=O) groups excluding carboxylic acids is 1. The van der Waals surface area contributed by atoms with Crippen molar-refractivity contribution in [3.63, 3.8) is 0 Å². The monoisotopic (exact) mass is 320 g/mol. The molecule has 0 spiro atoms. The highest BCUT2D eigenvalue weighted by molar-refractivity contribution is 7.80. The lowest BCUT2D eigenvalue weighted by molar-refractivity contribution is -0.146. The molecule has 0 bridgehead atoms. The summed E-state index contributed by atoms with van der Waals surface area (Å²) in [5.74, 6) is 0.327. The number of imidazole rings is 1. The molecule has 0 atom stereocenters. The lowest BCUT2D eigenvalue weighted by Crippen LogP contribution is -2.27. The van der Waals surface area contributed by atoms with Gasteiger partial charge in [-0.15, -0.1) is 12.6 Å². The van der Waals surface area contributed by atoms with Gasteiger partial charge in [0, 0.05) is 11.4 Å². The number of thiol groups is 1. The molecule has 0 saturated heterocycles. The van der Waals surface area contributed by atoms with E-state index in [0.29, 0.717) is 12.5 Å².